The van der Waals surface area contributed by atoms with Gasteiger partial charge in [-0.25, -0.2) is 10.4 Å². The van der Waals surface area contributed by atoms with Crippen LogP contribution in [0.1, 0.15) is 21.7 Å². The van der Waals surface area contributed by atoms with Crippen LogP contribution in [0.4, 0.5) is 0 Å². The van der Waals surface area contributed by atoms with Gasteiger partial charge in [-0.15, -0.1) is 11.3 Å². The van der Waals surface area contributed by atoms with Crippen LogP contribution >= 0.6 is 11.3 Å². The Morgan fingerprint density at radius 3 is 2.85 bits per heavy atom. The lowest BCUT2D eigenvalue weighted by Gasteiger charge is -2.05. The van der Waals surface area contributed by atoms with Crippen molar-refractivity contribution >= 4 is 28.4 Å². The molecule has 0 aliphatic carbocycles. The molecular formula is C20H16N4O2S. The second-order valence-corrected chi connectivity index (χ2v) is 6.66. The molecule has 0 spiro atoms. The maximum absolute atomic E-state index is 12.4. The Kier molecular flexibility index (Phi) is 4.67. The van der Waals surface area contributed by atoms with E-state index >= 15 is 0 Å². The SMILES string of the molecule is Cc1nc2sccn2c1C(=O)N/N=C\c1cccc(Oc2ccccc2)c1. The first-order chi connectivity index (χ1) is 13.2. The molecule has 1 amide bonds. The number of hydrazone groups is 1. The van der Waals surface area contributed by atoms with Gasteiger partial charge in [-0.05, 0) is 36.8 Å². The summed E-state index contributed by atoms with van der Waals surface area (Å²) in [5, 5.41) is 5.95. The highest BCUT2D eigenvalue weighted by Gasteiger charge is 2.16. The fourth-order valence-corrected chi connectivity index (χ4v) is 3.43. The van der Waals surface area contributed by atoms with Gasteiger partial charge in [0.05, 0.1) is 11.9 Å². The van der Waals surface area contributed by atoms with E-state index in [1.807, 2.05) is 73.1 Å². The monoisotopic (exact) mass is 376 g/mol. The number of rotatable bonds is 5. The number of nitrogens with zero attached hydrogens (tertiary/aromatic N) is 3. The third kappa shape index (κ3) is 3.73. The molecule has 0 saturated heterocycles. The molecule has 0 fully saturated rings. The third-order valence-corrected chi connectivity index (χ3v) is 4.62. The van der Waals surface area contributed by atoms with E-state index in [-0.39, 0.29) is 5.91 Å². The van der Waals surface area contributed by atoms with Gasteiger partial charge in [0.15, 0.2) is 4.96 Å². The highest BCUT2D eigenvalue weighted by molar-refractivity contribution is 7.15. The summed E-state index contributed by atoms with van der Waals surface area (Å²) in [5.41, 5.74) is 4.54. The van der Waals surface area contributed by atoms with Gasteiger partial charge in [0, 0.05) is 11.6 Å². The first-order valence-electron chi connectivity index (χ1n) is 8.29. The van der Waals surface area contributed by atoms with Gasteiger partial charge in [0.25, 0.3) is 5.91 Å². The van der Waals surface area contributed by atoms with Crippen LogP contribution in [0.25, 0.3) is 4.96 Å². The molecule has 2 aromatic carbocycles. The summed E-state index contributed by atoms with van der Waals surface area (Å²) in [6, 6.07) is 17.0. The van der Waals surface area contributed by atoms with Crippen LogP contribution in [0.15, 0.2) is 71.3 Å². The Labute approximate surface area is 159 Å². The van der Waals surface area contributed by atoms with Gasteiger partial charge < -0.3 is 4.74 Å². The van der Waals surface area contributed by atoms with E-state index in [4.69, 9.17) is 4.74 Å². The van der Waals surface area contributed by atoms with Gasteiger partial charge in [-0.3, -0.25) is 9.20 Å². The lowest BCUT2D eigenvalue weighted by Crippen LogP contribution is -2.20. The molecule has 0 atom stereocenters. The Morgan fingerprint density at radius 2 is 2.00 bits per heavy atom. The zero-order chi connectivity index (χ0) is 18.6. The Balaban J connectivity index is 1.45. The molecule has 6 nitrogen and oxygen atoms in total. The molecule has 0 aliphatic rings. The average Bonchev–Trinajstić information content (AvgIpc) is 3.22. The largest absolute Gasteiger partial charge is 0.457 e. The number of carbonyl (C=O) groups is 1. The van der Waals surface area contributed by atoms with Crippen molar-refractivity contribution in [1.82, 2.24) is 14.8 Å². The highest BCUT2D eigenvalue weighted by atomic mass is 32.1. The summed E-state index contributed by atoms with van der Waals surface area (Å²) in [4.78, 5) is 17.6. The molecule has 4 aromatic rings. The van der Waals surface area contributed by atoms with Crippen LogP contribution in [0.5, 0.6) is 11.5 Å². The normalized spacial score (nSPS) is 11.1. The second kappa shape index (κ2) is 7.43. The lowest BCUT2D eigenvalue weighted by molar-refractivity contribution is 0.0948. The van der Waals surface area contributed by atoms with Crippen LogP contribution in [-0.4, -0.2) is 21.5 Å². The van der Waals surface area contributed by atoms with Gasteiger partial charge in [-0.1, -0.05) is 30.3 Å². The van der Waals surface area contributed by atoms with Crippen LogP contribution in [0.2, 0.25) is 0 Å². The molecule has 0 radical (unpaired) electrons. The van der Waals surface area contributed by atoms with Crippen molar-refractivity contribution in [3.8, 4) is 11.5 Å². The van der Waals surface area contributed by atoms with Crippen molar-refractivity contribution in [3.63, 3.8) is 0 Å². The van der Waals surface area contributed by atoms with Crippen molar-refractivity contribution in [2.45, 2.75) is 6.92 Å². The topological polar surface area (TPSA) is 68.0 Å². The minimum Gasteiger partial charge on any atom is -0.457 e. The predicted molar refractivity (Wildman–Crippen MR) is 106 cm³/mol. The number of benzene rings is 2. The number of aromatic nitrogens is 2. The number of para-hydroxylation sites is 1. The van der Waals surface area contributed by atoms with E-state index in [9.17, 15) is 4.79 Å². The van der Waals surface area contributed by atoms with E-state index in [0.29, 0.717) is 17.1 Å². The highest BCUT2D eigenvalue weighted by Crippen LogP contribution is 2.21. The van der Waals surface area contributed by atoms with Crippen LogP contribution < -0.4 is 10.2 Å². The molecule has 7 heteroatoms. The van der Waals surface area contributed by atoms with E-state index in [2.05, 4.69) is 15.5 Å². The van der Waals surface area contributed by atoms with Crippen molar-refractivity contribution in [2.24, 2.45) is 5.10 Å². The molecule has 4 rings (SSSR count). The van der Waals surface area contributed by atoms with Crippen LogP contribution in [-0.2, 0) is 0 Å². The molecule has 2 aromatic heterocycles. The molecule has 0 saturated carbocycles. The number of fused-ring (bicyclic) bond motifs is 1. The molecule has 0 bridgehead atoms. The first kappa shape index (κ1) is 17.0. The molecular weight excluding hydrogens is 360 g/mol. The predicted octanol–water partition coefficient (Wildman–Crippen LogP) is 4.26. The standard InChI is InChI=1S/C20H16N4O2S/c1-14-18(24-10-11-27-20(24)22-14)19(25)23-21-13-15-6-5-9-17(12-15)26-16-7-3-2-4-8-16/h2-13H,1H3,(H,23,25)/b21-13-. The average molecular weight is 376 g/mol. The van der Waals surface area contributed by atoms with Gasteiger partial charge in [-0.2, -0.15) is 5.10 Å². The minimum absolute atomic E-state index is 0.300. The molecule has 2 heterocycles. The molecule has 0 aliphatic heterocycles. The van der Waals surface area contributed by atoms with E-state index in [1.54, 1.807) is 10.6 Å². The van der Waals surface area contributed by atoms with Crippen molar-refractivity contribution in [2.75, 3.05) is 0 Å². The summed E-state index contributed by atoms with van der Waals surface area (Å²) in [5.74, 6) is 1.16. The quantitative estimate of drug-likeness (QED) is 0.418. The number of amides is 1. The molecule has 0 unspecified atom stereocenters. The zero-order valence-electron chi connectivity index (χ0n) is 14.5. The number of nitrogens with one attached hydrogen (secondary N) is 1. The molecule has 1 N–H and O–H groups in total. The van der Waals surface area contributed by atoms with Crippen LogP contribution in [0.3, 0.4) is 0 Å². The maximum atomic E-state index is 12.4. The number of aryl methyl sites for hydroxylation is 1. The summed E-state index contributed by atoms with van der Waals surface area (Å²) in [7, 11) is 0. The van der Waals surface area contributed by atoms with Crippen molar-refractivity contribution in [1.29, 1.82) is 0 Å². The third-order valence-electron chi connectivity index (χ3n) is 3.87. The fraction of sp³-hybridized carbons (Fsp3) is 0.0500. The first-order valence-corrected chi connectivity index (χ1v) is 9.17. The van der Waals surface area contributed by atoms with Gasteiger partial charge in [0.1, 0.15) is 17.2 Å². The summed E-state index contributed by atoms with van der Waals surface area (Å²) < 4.78 is 7.56. The number of thiazole rings is 1. The second-order valence-electron chi connectivity index (χ2n) is 5.79. The molecule has 134 valence electrons. The molecule has 27 heavy (non-hydrogen) atoms. The van der Waals surface area contributed by atoms with Crippen molar-refractivity contribution < 1.29 is 9.53 Å². The summed E-state index contributed by atoms with van der Waals surface area (Å²) >= 11 is 1.48. The Morgan fingerprint density at radius 1 is 1.19 bits per heavy atom. The Hall–Kier alpha value is -3.45. The zero-order valence-corrected chi connectivity index (χ0v) is 15.3. The minimum atomic E-state index is -0.300. The van der Waals surface area contributed by atoms with Crippen molar-refractivity contribution in [3.05, 3.63) is 83.1 Å². The van der Waals surface area contributed by atoms with E-state index in [1.165, 1.54) is 11.3 Å². The van der Waals surface area contributed by atoms with Crippen LogP contribution in [0, 0.1) is 6.92 Å². The lowest BCUT2D eigenvalue weighted by atomic mass is 10.2. The summed E-state index contributed by atoms with van der Waals surface area (Å²) in [6.07, 6.45) is 3.40. The summed E-state index contributed by atoms with van der Waals surface area (Å²) in [6.45, 7) is 1.81. The number of hydrogen-bond acceptors (Lipinski definition) is 5. The van der Waals surface area contributed by atoms with Gasteiger partial charge >= 0.3 is 0 Å². The fourth-order valence-electron chi connectivity index (χ4n) is 2.67. The smallest absolute Gasteiger partial charge is 0.290 e. The number of hydrogen-bond donors (Lipinski definition) is 1. The number of carbonyl (C=O) groups excluding carboxylic acids is 1. The number of imidazole rings is 1. The Bertz CT molecular complexity index is 1120. The number of ether oxygens (including phenoxy) is 1. The van der Waals surface area contributed by atoms with Gasteiger partial charge in [0.2, 0.25) is 0 Å². The van der Waals surface area contributed by atoms with E-state index in [0.717, 1.165) is 16.3 Å². The van der Waals surface area contributed by atoms with E-state index < -0.39 is 0 Å². The maximum Gasteiger partial charge on any atom is 0.290 e.